The number of carbonyl (C=O) groups is 1. The van der Waals surface area contributed by atoms with Crippen molar-refractivity contribution in [1.29, 1.82) is 5.26 Å². The maximum absolute atomic E-state index is 13.2. The summed E-state index contributed by atoms with van der Waals surface area (Å²) in [5, 5.41) is 19.3. The van der Waals surface area contributed by atoms with Gasteiger partial charge >= 0.3 is 0 Å². The van der Waals surface area contributed by atoms with Crippen LogP contribution in [-0.4, -0.2) is 60.9 Å². The van der Waals surface area contributed by atoms with E-state index >= 15 is 0 Å². The molecule has 0 bridgehead atoms. The highest BCUT2D eigenvalue weighted by Gasteiger charge is 2.35. The number of piperazine rings is 1. The summed E-state index contributed by atoms with van der Waals surface area (Å²) in [5.74, 6) is -0.347. The number of hydrogen-bond donors (Lipinski definition) is 1. The van der Waals surface area contributed by atoms with Gasteiger partial charge in [0.25, 0.3) is 5.91 Å². The third kappa shape index (κ3) is 4.87. The third-order valence-electron chi connectivity index (χ3n) is 5.39. The Kier molecular flexibility index (Phi) is 7.06. The first-order chi connectivity index (χ1) is 15.1. The zero-order valence-corrected chi connectivity index (χ0v) is 19.2. The summed E-state index contributed by atoms with van der Waals surface area (Å²) in [5.41, 5.74) is 1.07. The van der Waals surface area contributed by atoms with Gasteiger partial charge in [-0.2, -0.15) is 9.57 Å². The normalized spacial score (nSPS) is 15.9. The van der Waals surface area contributed by atoms with E-state index in [9.17, 15) is 23.6 Å². The second-order valence-electron chi connectivity index (χ2n) is 8.09. The molecule has 1 saturated heterocycles. The fourth-order valence-electron chi connectivity index (χ4n) is 3.57. The first-order valence-electron chi connectivity index (χ1n) is 10.4. The maximum Gasteiger partial charge on any atom is 0.264 e. The zero-order chi connectivity index (χ0) is 23.5. The van der Waals surface area contributed by atoms with Crippen molar-refractivity contribution in [3.05, 3.63) is 53.6 Å². The molecule has 1 heterocycles. The minimum Gasteiger partial charge on any atom is -0.507 e. The summed E-state index contributed by atoms with van der Waals surface area (Å²) in [6.07, 6.45) is -0.798. The van der Waals surface area contributed by atoms with E-state index in [-0.39, 0.29) is 48.6 Å². The van der Waals surface area contributed by atoms with Gasteiger partial charge < -0.3 is 14.7 Å². The van der Waals surface area contributed by atoms with Crippen LogP contribution in [0.2, 0.25) is 0 Å². The van der Waals surface area contributed by atoms with E-state index in [2.05, 4.69) is 6.07 Å². The standard InChI is InChI=1S/C23H27N3O5S/c1-16(2)22(31-20-7-5-4-6-18(20)15-24)23(28)25-10-12-26(13-11-25)32(29,30)21-14-17(3)8-9-19(21)27/h4-9,14,16,22,27H,10-13H2,1-3H3. The van der Waals surface area contributed by atoms with E-state index in [1.165, 1.54) is 16.4 Å². The summed E-state index contributed by atoms with van der Waals surface area (Å²) in [6.45, 7) is 6.11. The number of carbonyl (C=O) groups excluding carboxylic acids is 1. The Bertz CT molecular complexity index is 1130. The lowest BCUT2D eigenvalue weighted by Gasteiger charge is -2.36. The number of rotatable bonds is 6. The first-order valence-corrected chi connectivity index (χ1v) is 11.8. The van der Waals surface area contributed by atoms with Crippen LogP contribution in [-0.2, 0) is 14.8 Å². The molecule has 1 unspecified atom stereocenters. The van der Waals surface area contributed by atoms with Gasteiger partial charge in [0, 0.05) is 26.2 Å². The highest BCUT2D eigenvalue weighted by Crippen LogP contribution is 2.28. The van der Waals surface area contributed by atoms with E-state index in [0.29, 0.717) is 11.3 Å². The first kappa shape index (κ1) is 23.6. The molecule has 1 fully saturated rings. The average molecular weight is 458 g/mol. The number of amides is 1. The molecule has 2 aromatic carbocycles. The Morgan fingerprint density at radius 3 is 2.41 bits per heavy atom. The molecular formula is C23H27N3O5S. The van der Waals surface area contributed by atoms with E-state index in [0.717, 1.165) is 5.56 Å². The molecule has 1 aliphatic heterocycles. The van der Waals surface area contributed by atoms with Crippen molar-refractivity contribution >= 4 is 15.9 Å². The van der Waals surface area contributed by atoms with Crippen LogP contribution < -0.4 is 4.74 Å². The molecule has 0 spiro atoms. The molecule has 1 atom stereocenters. The van der Waals surface area contributed by atoms with E-state index in [4.69, 9.17) is 4.74 Å². The van der Waals surface area contributed by atoms with Gasteiger partial charge in [0.1, 0.15) is 22.5 Å². The lowest BCUT2D eigenvalue weighted by molar-refractivity contribution is -0.141. The second kappa shape index (κ2) is 9.59. The Morgan fingerprint density at radius 2 is 1.78 bits per heavy atom. The molecule has 170 valence electrons. The van der Waals surface area contributed by atoms with E-state index in [1.807, 2.05) is 13.8 Å². The highest BCUT2D eigenvalue weighted by atomic mass is 32.2. The van der Waals surface area contributed by atoms with Gasteiger partial charge in [-0.25, -0.2) is 8.42 Å². The Labute approximate surface area is 188 Å². The Morgan fingerprint density at radius 1 is 1.12 bits per heavy atom. The minimum absolute atomic E-state index is 0.112. The monoisotopic (exact) mass is 457 g/mol. The fraction of sp³-hybridized carbons (Fsp3) is 0.391. The van der Waals surface area contributed by atoms with Crippen LogP contribution in [0, 0.1) is 24.2 Å². The number of phenolic OH excluding ortho intramolecular Hbond substituents is 1. The molecule has 1 amide bonds. The molecule has 0 saturated carbocycles. The SMILES string of the molecule is Cc1ccc(O)c(S(=O)(=O)N2CCN(C(=O)C(Oc3ccccc3C#N)C(C)C)CC2)c1. The molecule has 9 heteroatoms. The summed E-state index contributed by atoms with van der Waals surface area (Å²) in [7, 11) is -3.88. The van der Waals surface area contributed by atoms with Gasteiger partial charge in [-0.3, -0.25) is 4.79 Å². The summed E-state index contributed by atoms with van der Waals surface area (Å²) < 4.78 is 33.2. The average Bonchev–Trinajstić information content (AvgIpc) is 2.78. The van der Waals surface area contributed by atoms with Gasteiger partial charge in [-0.15, -0.1) is 0 Å². The molecule has 2 aromatic rings. The van der Waals surface area contributed by atoms with Crippen molar-refractivity contribution in [2.45, 2.75) is 31.8 Å². The summed E-state index contributed by atoms with van der Waals surface area (Å²) in [6, 6.07) is 13.3. The quantitative estimate of drug-likeness (QED) is 0.714. The molecular weight excluding hydrogens is 430 g/mol. The molecule has 32 heavy (non-hydrogen) atoms. The molecule has 3 rings (SSSR count). The number of nitriles is 1. The lowest BCUT2D eigenvalue weighted by Crippen LogP contribution is -2.54. The number of sulfonamides is 1. The van der Waals surface area contributed by atoms with Crippen LogP contribution >= 0.6 is 0 Å². The van der Waals surface area contributed by atoms with Crippen molar-refractivity contribution in [2.75, 3.05) is 26.2 Å². The highest BCUT2D eigenvalue weighted by molar-refractivity contribution is 7.89. The van der Waals surface area contributed by atoms with Gasteiger partial charge in [0.15, 0.2) is 6.10 Å². The molecule has 1 N–H and O–H groups in total. The summed E-state index contributed by atoms with van der Waals surface area (Å²) >= 11 is 0. The number of ether oxygens (including phenoxy) is 1. The molecule has 0 aliphatic carbocycles. The fourth-order valence-corrected chi connectivity index (χ4v) is 5.16. The van der Waals surface area contributed by atoms with Crippen molar-refractivity contribution in [3.8, 4) is 17.6 Å². The number of hydrogen-bond acceptors (Lipinski definition) is 6. The number of phenols is 1. The predicted octanol–water partition coefficient (Wildman–Crippen LogP) is 2.51. The Hall–Kier alpha value is -3.09. The van der Waals surface area contributed by atoms with Gasteiger partial charge in [-0.05, 0) is 42.7 Å². The third-order valence-corrected chi connectivity index (χ3v) is 7.32. The zero-order valence-electron chi connectivity index (χ0n) is 18.4. The molecule has 0 radical (unpaired) electrons. The number of benzene rings is 2. The Balaban J connectivity index is 1.72. The maximum atomic E-state index is 13.2. The van der Waals surface area contributed by atoms with Crippen molar-refractivity contribution in [1.82, 2.24) is 9.21 Å². The van der Waals surface area contributed by atoms with E-state index < -0.39 is 16.1 Å². The van der Waals surface area contributed by atoms with Crippen LogP contribution in [0.4, 0.5) is 0 Å². The van der Waals surface area contributed by atoms with Gasteiger partial charge in [-0.1, -0.05) is 32.0 Å². The van der Waals surface area contributed by atoms with Crippen molar-refractivity contribution < 1.29 is 23.1 Å². The minimum atomic E-state index is -3.88. The van der Waals surface area contributed by atoms with Crippen LogP contribution in [0.15, 0.2) is 47.4 Å². The number of para-hydroxylation sites is 1. The van der Waals surface area contributed by atoms with Crippen molar-refractivity contribution in [2.24, 2.45) is 5.92 Å². The lowest BCUT2D eigenvalue weighted by atomic mass is 10.1. The largest absolute Gasteiger partial charge is 0.507 e. The number of aryl methyl sites for hydroxylation is 1. The molecule has 8 nitrogen and oxygen atoms in total. The topological polar surface area (TPSA) is 111 Å². The smallest absolute Gasteiger partial charge is 0.264 e. The van der Waals surface area contributed by atoms with Crippen LogP contribution in [0.25, 0.3) is 0 Å². The van der Waals surface area contributed by atoms with Crippen molar-refractivity contribution in [3.63, 3.8) is 0 Å². The van der Waals surface area contributed by atoms with Crippen LogP contribution in [0.1, 0.15) is 25.0 Å². The van der Waals surface area contributed by atoms with Gasteiger partial charge in [0.2, 0.25) is 10.0 Å². The van der Waals surface area contributed by atoms with Gasteiger partial charge in [0.05, 0.1) is 5.56 Å². The summed E-state index contributed by atoms with van der Waals surface area (Å²) in [4.78, 5) is 14.6. The molecule has 0 aromatic heterocycles. The van der Waals surface area contributed by atoms with Crippen LogP contribution in [0.3, 0.4) is 0 Å². The van der Waals surface area contributed by atoms with E-state index in [1.54, 1.807) is 42.2 Å². The number of aromatic hydroxyl groups is 1. The van der Waals surface area contributed by atoms with Crippen LogP contribution in [0.5, 0.6) is 11.5 Å². The second-order valence-corrected chi connectivity index (χ2v) is 10.00. The molecule has 1 aliphatic rings. The predicted molar refractivity (Wildman–Crippen MR) is 119 cm³/mol. The number of nitrogens with zero attached hydrogens (tertiary/aromatic N) is 3.